The normalized spacial score (nSPS) is 12.9. The zero-order valence-corrected chi connectivity index (χ0v) is 24.0. The van der Waals surface area contributed by atoms with E-state index in [-0.39, 0.29) is 0 Å². The van der Waals surface area contributed by atoms with Crippen LogP contribution < -0.4 is 0 Å². The first kappa shape index (κ1) is 30.6. The van der Waals surface area contributed by atoms with Crippen LogP contribution in [0.2, 0.25) is 0 Å². The molecule has 0 nitrogen and oxygen atoms in total. The molecular formula is C28H60P2+2. The molecule has 0 fully saturated rings. The number of unbranched alkanes of at least 4 members (excludes halogenated alkanes) is 6. The van der Waals surface area contributed by atoms with E-state index in [4.69, 9.17) is 0 Å². The third kappa shape index (κ3) is 13.9. The lowest BCUT2D eigenvalue weighted by molar-refractivity contribution is 0.835. The summed E-state index contributed by atoms with van der Waals surface area (Å²) in [5.41, 5.74) is 0. The first-order chi connectivity index (χ1) is 14.6. The fraction of sp³-hybridized carbons (Fsp3) is 0.929. The van der Waals surface area contributed by atoms with Crippen molar-refractivity contribution in [2.45, 2.75) is 119 Å². The topological polar surface area (TPSA) is 0 Å². The maximum Gasteiger partial charge on any atom is 0.0774 e. The van der Waals surface area contributed by atoms with Crippen molar-refractivity contribution < 1.29 is 0 Å². The Morgan fingerprint density at radius 1 is 0.367 bits per heavy atom. The van der Waals surface area contributed by atoms with Gasteiger partial charge in [0.05, 0.1) is 49.3 Å². The standard InChI is InChI=1S/C28H60P2/c1-7-13-21-29(22-14-8-2,23-15-9-3)27-19-20-28-30(24-16-10-4,25-17-11-5)26-18-12-6/h19-20H,7-18,21-28H2,1-6H3/q+2. The van der Waals surface area contributed by atoms with Crippen molar-refractivity contribution >= 4 is 14.5 Å². The molecule has 30 heavy (non-hydrogen) atoms. The molecule has 0 radical (unpaired) electrons. The molecule has 0 bridgehead atoms. The van der Waals surface area contributed by atoms with Gasteiger partial charge in [0, 0.05) is 14.5 Å². The Labute approximate surface area is 194 Å². The molecule has 0 aromatic rings. The van der Waals surface area contributed by atoms with E-state index in [1.807, 2.05) is 0 Å². The smallest absolute Gasteiger partial charge is 0.0652 e. The third-order valence-corrected chi connectivity index (χ3v) is 16.6. The Balaban J connectivity index is 5.27. The lowest BCUT2D eigenvalue weighted by Gasteiger charge is -2.28. The second-order valence-corrected chi connectivity index (χ2v) is 18.8. The van der Waals surface area contributed by atoms with Gasteiger partial charge < -0.3 is 0 Å². The molecule has 0 N–H and O–H groups in total. The van der Waals surface area contributed by atoms with E-state index in [0.29, 0.717) is 0 Å². The summed E-state index contributed by atoms with van der Waals surface area (Å²) in [5, 5.41) is 0. The monoisotopic (exact) mass is 458 g/mol. The molecule has 0 heterocycles. The first-order valence-corrected chi connectivity index (χ1v) is 19.0. The van der Waals surface area contributed by atoms with Crippen LogP contribution in [0.3, 0.4) is 0 Å². The molecule has 0 unspecified atom stereocenters. The molecule has 0 aromatic heterocycles. The van der Waals surface area contributed by atoms with Crippen LogP contribution in [-0.4, -0.2) is 49.3 Å². The maximum absolute atomic E-state index is 2.72. The molecule has 0 amide bonds. The summed E-state index contributed by atoms with van der Waals surface area (Å²) in [4.78, 5) is 0. The van der Waals surface area contributed by atoms with E-state index < -0.39 is 14.5 Å². The van der Waals surface area contributed by atoms with Gasteiger partial charge in [-0.3, -0.25) is 0 Å². The van der Waals surface area contributed by atoms with Crippen molar-refractivity contribution in [3.8, 4) is 0 Å². The Morgan fingerprint density at radius 2 is 0.567 bits per heavy atom. The van der Waals surface area contributed by atoms with Gasteiger partial charge in [0.25, 0.3) is 0 Å². The molecule has 0 rings (SSSR count). The van der Waals surface area contributed by atoms with Gasteiger partial charge in [-0.15, -0.1) is 0 Å². The number of hydrogen-bond acceptors (Lipinski definition) is 0. The molecule has 0 spiro atoms. The molecule has 0 saturated carbocycles. The highest BCUT2D eigenvalue weighted by molar-refractivity contribution is 7.76. The van der Waals surface area contributed by atoms with Crippen molar-refractivity contribution in [3.05, 3.63) is 12.2 Å². The maximum atomic E-state index is 2.72. The Morgan fingerprint density at radius 3 is 0.733 bits per heavy atom. The fourth-order valence-corrected chi connectivity index (χ4v) is 14.3. The molecule has 0 aliphatic rings. The van der Waals surface area contributed by atoms with E-state index in [2.05, 4.69) is 53.7 Å². The van der Waals surface area contributed by atoms with E-state index in [0.717, 1.165) is 0 Å². The number of rotatable bonds is 22. The number of allylic oxidation sites excluding steroid dienone is 2. The predicted molar refractivity (Wildman–Crippen MR) is 151 cm³/mol. The van der Waals surface area contributed by atoms with Crippen molar-refractivity contribution in [2.75, 3.05) is 49.3 Å². The average Bonchev–Trinajstić information content (AvgIpc) is 2.77. The summed E-state index contributed by atoms with van der Waals surface area (Å²) in [5.74, 6) is 0. The Hall–Kier alpha value is 0.600. The zero-order valence-electron chi connectivity index (χ0n) is 22.2. The highest BCUT2D eigenvalue weighted by Crippen LogP contribution is 2.62. The minimum Gasteiger partial charge on any atom is -0.0652 e. The van der Waals surface area contributed by atoms with Crippen LogP contribution >= 0.6 is 14.5 Å². The van der Waals surface area contributed by atoms with E-state index in [1.165, 1.54) is 89.4 Å². The van der Waals surface area contributed by atoms with Crippen molar-refractivity contribution in [1.29, 1.82) is 0 Å². The van der Waals surface area contributed by atoms with Crippen LogP contribution in [0.5, 0.6) is 0 Å². The van der Waals surface area contributed by atoms with Crippen LogP contribution in [0.25, 0.3) is 0 Å². The predicted octanol–water partition coefficient (Wildman–Crippen LogP) is 10.4. The van der Waals surface area contributed by atoms with Gasteiger partial charge >= 0.3 is 0 Å². The van der Waals surface area contributed by atoms with Gasteiger partial charge in [-0.05, 0) is 50.7 Å². The third-order valence-electron chi connectivity index (χ3n) is 7.07. The van der Waals surface area contributed by atoms with Crippen LogP contribution in [-0.2, 0) is 0 Å². The molecule has 0 aliphatic carbocycles. The summed E-state index contributed by atoms with van der Waals surface area (Å²) in [6, 6.07) is 0. The van der Waals surface area contributed by atoms with Crippen LogP contribution in [0.1, 0.15) is 119 Å². The van der Waals surface area contributed by atoms with Crippen LogP contribution in [0, 0.1) is 0 Å². The molecule has 0 atom stereocenters. The van der Waals surface area contributed by atoms with E-state index >= 15 is 0 Å². The summed E-state index contributed by atoms with van der Waals surface area (Å²) >= 11 is 0. The molecule has 0 aliphatic heterocycles. The van der Waals surface area contributed by atoms with Gasteiger partial charge in [0.2, 0.25) is 0 Å². The second-order valence-electron chi connectivity index (χ2n) is 9.98. The molecule has 0 aromatic carbocycles. The van der Waals surface area contributed by atoms with Crippen molar-refractivity contribution in [1.82, 2.24) is 0 Å². The van der Waals surface area contributed by atoms with Crippen molar-refractivity contribution in [3.63, 3.8) is 0 Å². The minimum atomic E-state index is -0.766. The van der Waals surface area contributed by atoms with Crippen LogP contribution in [0.15, 0.2) is 12.2 Å². The lowest BCUT2D eigenvalue weighted by Crippen LogP contribution is -2.13. The lowest BCUT2D eigenvalue weighted by atomic mass is 10.4. The SMILES string of the molecule is CCCC[P+](CC=CC[P+](CCCC)(CCCC)CCCC)(CCCC)CCCC. The van der Waals surface area contributed by atoms with Gasteiger partial charge in [-0.2, -0.15) is 0 Å². The van der Waals surface area contributed by atoms with Crippen molar-refractivity contribution in [2.24, 2.45) is 0 Å². The average molecular weight is 459 g/mol. The van der Waals surface area contributed by atoms with Gasteiger partial charge in [-0.1, -0.05) is 80.1 Å². The summed E-state index contributed by atoms with van der Waals surface area (Å²) in [7, 11) is -1.53. The van der Waals surface area contributed by atoms with E-state index in [1.54, 1.807) is 37.0 Å². The summed E-state index contributed by atoms with van der Waals surface area (Å²) in [6.45, 7) is 14.3. The van der Waals surface area contributed by atoms with E-state index in [9.17, 15) is 0 Å². The highest BCUT2D eigenvalue weighted by atomic mass is 31.2. The van der Waals surface area contributed by atoms with Gasteiger partial charge in [-0.25, -0.2) is 0 Å². The van der Waals surface area contributed by atoms with Crippen LogP contribution in [0.4, 0.5) is 0 Å². The molecule has 0 saturated heterocycles. The molecule has 180 valence electrons. The quantitative estimate of drug-likeness (QED) is 0.112. The second kappa shape index (κ2) is 20.2. The Bertz CT molecular complexity index is 309. The summed E-state index contributed by atoms with van der Waals surface area (Å²) < 4.78 is 0. The zero-order chi connectivity index (χ0) is 22.6. The minimum absolute atomic E-state index is 0.766. The van der Waals surface area contributed by atoms with Gasteiger partial charge in [0.15, 0.2) is 0 Å². The van der Waals surface area contributed by atoms with Gasteiger partial charge in [0.1, 0.15) is 0 Å². The first-order valence-electron chi connectivity index (χ1n) is 13.9. The fourth-order valence-electron chi connectivity index (χ4n) is 4.78. The Kier molecular flexibility index (Phi) is 20.6. The largest absolute Gasteiger partial charge is 0.0774 e. The molecular weight excluding hydrogens is 398 g/mol. The summed E-state index contributed by atoms with van der Waals surface area (Å²) in [6.07, 6.45) is 34.8. The molecule has 2 heteroatoms. The highest BCUT2D eigenvalue weighted by Gasteiger charge is 2.36. The number of hydrogen-bond donors (Lipinski definition) is 0.